The van der Waals surface area contributed by atoms with Gasteiger partial charge in [0.15, 0.2) is 11.7 Å². The van der Waals surface area contributed by atoms with Crippen LogP contribution in [0, 0.1) is 10.8 Å². The van der Waals surface area contributed by atoms with Gasteiger partial charge in [0.25, 0.3) is 0 Å². The second-order valence-corrected chi connectivity index (χ2v) is 6.29. The molecule has 0 saturated carbocycles. The topological polar surface area (TPSA) is 171 Å². The van der Waals surface area contributed by atoms with Gasteiger partial charge in [0.05, 0.1) is 23.9 Å². The first-order valence-electron chi connectivity index (χ1n) is 7.42. The van der Waals surface area contributed by atoms with Gasteiger partial charge in [-0.2, -0.15) is 0 Å². The fourth-order valence-corrected chi connectivity index (χ4v) is 1.48. The van der Waals surface area contributed by atoms with Crippen LogP contribution in [0.4, 0.5) is 0 Å². The Labute approximate surface area is 140 Å². The highest BCUT2D eigenvalue weighted by molar-refractivity contribution is 5.93. The second-order valence-electron chi connectivity index (χ2n) is 6.29. The van der Waals surface area contributed by atoms with E-state index in [-0.39, 0.29) is 37.6 Å². The lowest BCUT2D eigenvalue weighted by Gasteiger charge is -2.25. The van der Waals surface area contributed by atoms with E-state index in [1.54, 1.807) is 27.7 Å². The van der Waals surface area contributed by atoms with Crippen LogP contribution in [0.15, 0.2) is 10.2 Å². The van der Waals surface area contributed by atoms with Crippen molar-refractivity contribution in [1.29, 1.82) is 10.8 Å². The van der Waals surface area contributed by atoms with Crippen LogP contribution in [0.5, 0.6) is 0 Å². The van der Waals surface area contributed by atoms with Gasteiger partial charge in [-0.05, 0) is 27.7 Å². The number of carboxylic acid groups (broad SMARTS) is 2. The highest BCUT2D eigenvalue weighted by Crippen LogP contribution is 2.09. The normalized spacial score (nSPS) is 12.3. The summed E-state index contributed by atoms with van der Waals surface area (Å²) in [5.41, 5.74) is -1.78. The Balaban J connectivity index is 4.62. The highest BCUT2D eigenvalue weighted by atomic mass is 16.4. The SMILES string of the molecule is CC(C)(NCCC(=O)O)C(=N)N=NC(=N)C(C)(C)NCCC(=O)O. The van der Waals surface area contributed by atoms with Gasteiger partial charge in [-0.3, -0.25) is 20.4 Å². The Morgan fingerprint density at radius 1 is 0.833 bits per heavy atom. The van der Waals surface area contributed by atoms with E-state index < -0.39 is 23.0 Å². The summed E-state index contributed by atoms with van der Waals surface area (Å²) in [4.78, 5) is 21.0. The summed E-state index contributed by atoms with van der Waals surface area (Å²) in [6, 6.07) is 0. The lowest BCUT2D eigenvalue weighted by atomic mass is 10.0. The first-order valence-corrected chi connectivity index (χ1v) is 7.42. The van der Waals surface area contributed by atoms with Crippen molar-refractivity contribution in [2.45, 2.75) is 51.6 Å². The fourth-order valence-electron chi connectivity index (χ4n) is 1.48. The van der Waals surface area contributed by atoms with Gasteiger partial charge >= 0.3 is 11.9 Å². The molecule has 0 aromatic heterocycles. The van der Waals surface area contributed by atoms with Crippen LogP contribution in [-0.2, 0) is 9.59 Å². The summed E-state index contributed by atoms with van der Waals surface area (Å²) < 4.78 is 0. The summed E-state index contributed by atoms with van der Waals surface area (Å²) in [6.45, 7) is 7.01. The third-order valence-electron chi connectivity index (χ3n) is 3.25. The summed E-state index contributed by atoms with van der Waals surface area (Å²) in [6.07, 6.45) is -0.158. The molecule has 0 atom stereocenters. The van der Waals surface area contributed by atoms with E-state index >= 15 is 0 Å². The maximum atomic E-state index is 10.5. The fraction of sp³-hybridized carbons (Fsp3) is 0.714. The van der Waals surface area contributed by atoms with Crippen molar-refractivity contribution >= 4 is 23.6 Å². The quantitative estimate of drug-likeness (QED) is 0.197. The van der Waals surface area contributed by atoms with Gasteiger partial charge in [-0.15, -0.1) is 10.2 Å². The average Bonchev–Trinajstić information content (AvgIpc) is 2.42. The Morgan fingerprint density at radius 2 is 1.12 bits per heavy atom. The maximum absolute atomic E-state index is 10.5. The van der Waals surface area contributed by atoms with E-state index in [4.69, 9.17) is 21.0 Å². The van der Waals surface area contributed by atoms with Crippen LogP contribution in [0.25, 0.3) is 0 Å². The molecule has 0 saturated heterocycles. The number of aliphatic carboxylic acids is 2. The number of rotatable bonds is 10. The molecule has 24 heavy (non-hydrogen) atoms. The molecule has 136 valence electrons. The molecule has 0 radical (unpaired) electrons. The zero-order valence-corrected chi connectivity index (χ0v) is 14.4. The Hall–Kier alpha value is -2.20. The standard InChI is InChI=1S/C14H26N6O4/c1-13(2,17-7-5-9(21)22)11(15)19-20-12(16)14(3,4)18-8-6-10(23)24/h15-18H,5-8H2,1-4H3,(H,21,22)(H,23,24). The zero-order chi connectivity index (χ0) is 19.0. The van der Waals surface area contributed by atoms with Crippen LogP contribution < -0.4 is 10.6 Å². The van der Waals surface area contributed by atoms with Gasteiger partial charge in [0.1, 0.15) is 0 Å². The molecule has 10 heteroatoms. The van der Waals surface area contributed by atoms with E-state index in [1.807, 2.05) is 0 Å². The molecule has 0 fully saturated rings. The third-order valence-corrected chi connectivity index (χ3v) is 3.25. The largest absolute Gasteiger partial charge is 0.481 e. The van der Waals surface area contributed by atoms with E-state index in [2.05, 4.69) is 20.9 Å². The molecular weight excluding hydrogens is 316 g/mol. The van der Waals surface area contributed by atoms with Gasteiger partial charge in [0, 0.05) is 13.1 Å². The average molecular weight is 342 g/mol. The first-order chi connectivity index (χ1) is 10.9. The summed E-state index contributed by atoms with van der Waals surface area (Å²) >= 11 is 0. The maximum Gasteiger partial charge on any atom is 0.304 e. The van der Waals surface area contributed by atoms with Crippen molar-refractivity contribution < 1.29 is 19.8 Å². The first kappa shape index (κ1) is 21.8. The molecule has 0 aliphatic carbocycles. The molecule has 0 aliphatic rings. The van der Waals surface area contributed by atoms with E-state index in [0.717, 1.165) is 0 Å². The van der Waals surface area contributed by atoms with Crippen LogP contribution in [-0.4, -0.2) is 58.0 Å². The molecular formula is C14H26N6O4. The van der Waals surface area contributed by atoms with Gasteiger partial charge in [-0.25, -0.2) is 0 Å². The molecule has 0 bridgehead atoms. The molecule has 0 aromatic rings. The number of amidine groups is 2. The summed E-state index contributed by atoms with van der Waals surface area (Å²) in [5.74, 6) is -2.16. The van der Waals surface area contributed by atoms with Crippen molar-refractivity contribution in [3.8, 4) is 0 Å². The van der Waals surface area contributed by atoms with Crippen LogP contribution in [0.3, 0.4) is 0 Å². The Morgan fingerprint density at radius 3 is 1.38 bits per heavy atom. The number of nitrogens with one attached hydrogen (secondary N) is 4. The van der Waals surface area contributed by atoms with E-state index in [0.29, 0.717) is 0 Å². The van der Waals surface area contributed by atoms with Crippen LogP contribution in [0.1, 0.15) is 40.5 Å². The number of nitrogens with zero attached hydrogens (tertiary/aromatic N) is 2. The number of carbonyl (C=O) groups is 2. The van der Waals surface area contributed by atoms with Crippen LogP contribution >= 0.6 is 0 Å². The van der Waals surface area contributed by atoms with Crippen molar-refractivity contribution in [3.05, 3.63) is 0 Å². The molecule has 0 amide bonds. The van der Waals surface area contributed by atoms with Crippen LogP contribution in [0.2, 0.25) is 0 Å². The van der Waals surface area contributed by atoms with Gasteiger partial charge in [-0.1, -0.05) is 0 Å². The summed E-state index contributed by atoms with van der Waals surface area (Å²) in [7, 11) is 0. The number of hydrogen-bond acceptors (Lipinski definition) is 6. The minimum absolute atomic E-state index is 0.0792. The number of carboxylic acids is 2. The van der Waals surface area contributed by atoms with Gasteiger partial charge < -0.3 is 20.8 Å². The minimum atomic E-state index is -0.942. The van der Waals surface area contributed by atoms with E-state index in [9.17, 15) is 9.59 Å². The van der Waals surface area contributed by atoms with Crippen molar-refractivity contribution in [1.82, 2.24) is 10.6 Å². The summed E-state index contributed by atoms with van der Waals surface area (Å²) in [5, 5.41) is 46.3. The molecule has 0 aliphatic heterocycles. The van der Waals surface area contributed by atoms with Crippen molar-refractivity contribution in [3.63, 3.8) is 0 Å². The Kier molecular flexibility index (Phi) is 8.34. The monoisotopic (exact) mass is 342 g/mol. The molecule has 0 unspecified atom stereocenters. The minimum Gasteiger partial charge on any atom is -0.481 e. The number of hydrogen-bond donors (Lipinski definition) is 6. The number of azo groups is 1. The molecule has 0 rings (SSSR count). The lowest BCUT2D eigenvalue weighted by Crippen LogP contribution is -2.47. The highest BCUT2D eigenvalue weighted by Gasteiger charge is 2.26. The molecule has 0 heterocycles. The second kappa shape index (κ2) is 9.18. The lowest BCUT2D eigenvalue weighted by molar-refractivity contribution is -0.137. The predicted molar refractivity (Wildman–Crippen MR) is 89.0 cm³/mol. The third kappa shape index (κ3) is 8.44. The smallest absolute Gasteiger partial charge is 0.304 e. The molecule has 10 nitrogen and oxygen atoms in total. The van der Waals surface area contributed by atoms with Gasteiger partial charge in [0.2, 0.25) is 0 Å². The molecule has 6 N–H and O–H groups in total. The van der Waals surface area contributed by atoms with Crippen molar-refractivity contribution in [2.24, 2.45) is 10.2 Å². The Bertz CT molecular complexity index is 481. The predicted octanol–water partition coefficient (Wildman–Crippen LogP) is 1.08. The van der Waals surface area contributed by atoms with Crippen molar-refractivity contribution in [2.75, 3.05) is 13.1 Å². The zero-order valence-electron chi connectivity index (χ0n) is 14.4. The van der Waals surface area contributed by atoms with E-state index in [1.165, 1.54) is 0 Å². The molecule has 0 spiro atoms. The molecule has 0 aromatic carbocycles.